The van der Waals surface area contributed by atoms with Gasteiger partial charge in [0.25, 0.3) is 0 Å². The first-order chi connectivity index (χ1) is 6.41. The van der Waals surface area contributed by atoms with Gasteiger partial charge >= 0.3 is 6.18 Å². The largest absolute Gasteiger partial charge is 0.405 e. The van der Waals surface area contributed by atoms with Crippen molar-refractivity contribution in [3.63, 3.8) is 0 Å². The SMILES string of the molecule is CC.CC1CNC(C(F)(F)F)CN1C. The van der Waals surface area contributed by atoms with E-state index in [9.17, 15) is 13.2 Å². The Morgan fingerprint density at radius 1 is 1.29 bits per heavy atom. The van der Waals surface area contributed by atoms with E-state index in [2.05, 4.69) is 5.32 Å². The number of alkyl halides is 3. The predicted molar refractivity (Wildman–Crippen MR) is 51.3 cm³/mol. The number of rotatable bonds is 0. The van der Waals surface area contributed by atoms with Crippen LogP contribution < -0.4 is 5.32 Å². The minimum absolute atomic E-state index is 0.0463. The molecule has 86 valence electrons. The molecule has 2 nitrogen and oxygen atoms in total. The van der Waals surface area contributed by atoms with Crippen molar-refractivity contribution < 1.29 is 13.2 Å². The third-order valence-electron chi connectivity index (χ3n) is 2.28. The molecule has 1 fully saturated rings. The average molecular weight is 212 g/mol. The van der Waals surface area contributed by atoms with Gasteiger partial charge in [-0.15, -0.1) is 0 Å². The lowest BCUT2D eigenvalue weighted by Crippen LogP contribution is -2.59. The van der Waals surface area contributed by atoms with Gasteiger partial charge in [-0.2, -0.15) is 13.2 Å². The van der Waals surface area contributed by atoms with Crippen molar-refractivity contribution in [2.24, 2.45) is 0 Å². The molecule has 1 saturated heterocycles. The molecular formula is C9H19F3N2. The molecule has 0 aromatic carbocycles. The summed E-state index contributed by atoms with van der Waals surface area (Å²) in [7, 11) is 1.71. The molecule has 1 aliphatic rings. The van der Waals surface area contributed by atoms with Crippen LogP contribution in [0.4, 0.5) is 13.2 Å². The zero-order valence-corrected chi connectivity index (χ0v) is 9.15. The van der Waals surface area contributed by atoms with E-state index in [4.69, 9.17) is 0 Å². The van der Waals surface area contributed by atoms with Crippen molar-refractivity contribution in [3.8, 4) is 0 Å². The van der Waals surface area contributed by atoms with Gasteiger partial charge in [0.05, 0.1) is 0 Å². The predicted octanol–water partition coefficient (Wildman–Crippen LogP) is 1.87. The molecule has 5 heteroatoms. The highest BCUT2D eigenvalue weighted by Crippen LogP contribution is 2.22. The average Bonchev–Trinajstić information content (AvgIpc) is 2.11. The van der Waals surface area contributed by atoms with Crippen LogP contribution in [0.25, 0.3) is 0 Å². The molecule has 2 unspecified atom stereocenters. The molecule has 1 rings (SSSR count). The summed E-state index contributed by atoms with van der Waals surface area (Å²) in [5.74, 6) is 0. The second kappa shape index (κ2) is 5.56. The normalized spacial score (nSPS) is 29.4. The minimum Gasteiger partial charge on any atom is -0.304 e. The number of halogens is 3. The summed E-state index contributed by atoms with van der Waals surface area (Å²) >= 11 is 0. The van der Waals surface area contributed by atoms with E-state index in [1.54, 1.807) is 11.9 Å². The van der Waals surface area contributed by atoms with E-state index >= 15 is 0 Å². The number of likely N-dealkylation sites (N-methyl/N-ethyl adjacent to an activating group) is 1. The van der Waals surface area contributed by atoms with Gasteiger partial charge in [0.2, 0.25) is 0 Å². The third kappa shape index (κ3) is 3.84. The quantitative estimate of drug-likeness (QED) is 0.659. The summed E-state index contributed by atoms with van der Waals surface area (Å²) in [5, 5.41) is 2.47. The first-order valence-electron chi connectivity index (χ1n) is 4.91. The molecule has 1 N–H and O–H groups in total. The van der Waals surface area contributed by atoms with Crippen molar-refractivity contribution in [2.45, 2.75) is 39.0 Å². The molecule has 0 spiro atoms. The second-order valence-electron chi connectivity index (χ2n) is 3.29. The van der Waals surface area contributed by atoms with Gasteiger partial charge in [-0.3, -0.25) is 0 Å². The van der Waals surface area contributed by atoms with Crippen LogP contribution in [0.1, 0.15) is 20.8 Å². The zero-order chi connectivity index (χ0) is 11.4. The second-order valence-corrected chi connectivity index (χ2v) is 3.29. The smallest absolute Gasteiger partial charge is 0.304 e. The van der Waals surface area contributed by atoms with Crippen LogP contribution in [0.3, 0.4) is 0 Å². The minimum atomic E-state index is -4.12. The van der Waals surface area contributed by atoms with E-state index in [0.29, 0.717) is 6.54 Å². The zero-order valence-electron chi connectivity index (χ0n) is 9.15. The molecule has 1 aliphatic heterocycles. The van der Waals surface area contributed by atoms with Crippen molar-refractivity contribution >= 4 is 0 Å². The van der Waals surface area contributed by atoms with Gasteiger partial charge in [0.15, 0.2) is 0 Å². The van der Waals surface area contributed by atoms with Crippen molar-refractivity contribution in [2.75, 3.05) is 20.1 Å². The summed E-state index contributed by atoms with van der Waals surface area (Å²) in [6.07, 6.45) is -4.12. The Morgan fingerprint density at radius 2 is 1.79 bits per heavy atom. The Bertz CT molecular complexity index is 159. The van der Waals surface area contributed by atoms with Gasteiger partial charge < -0.3 is 10.2 Å². The van der Waals surface area contributed by atoms with Gasteiger partial charge in [0, 0.05) is 19.1 Å². The molecule has 0 aromatic rings. The first kappa shape index (κ1) is 13.7. The maximum atomic E-state index is 12.2. The number of hydrogen-bond acceptors (Lipinski definition) is 2. The Labute approximate surface area is 83.5 Å². The summed E-state index contributed by atoms with van der Waals surface area (Å²) in [6, 6.07) is -1.18. The van der Waals surface area contributed by atoms with Gasteiger partial charge in [0.1, 0.15) is 6.04 Å². The molecule has 2 atom stereocenters. The fraction of sp³-hybridized carbons (Fsp3) is 1.00. The maximum absolute atomic E-state index is 12.2. The van der Waals surface area contributed by atoms with Crippen LogP contribution in [0, 0.1) is 0 Å². The maximum Gasteiger partial charge on any atom is 0.405 e. The van der Waals surface area contributed by atoms with Crippen molar-refractivity contribution in [1.29, 1.82) is 0 Å². The molecule has 0 bridgehead atoms. The van der Waals surface area contributed by atoms with Crippen LogP contribution in [0.15, 0.2) is 0 Å². The number of nitrogens with one attached hydrogen (secondary N) is 1. The topological polar surface area (TPSA) is 15.3 Å². The molecule has 0 aliphatic carbocycles. The molecule has 0 amide bonds. The van der Waals surface area contributed by atoms with Crippen LogP contribution in [-0.2, 0) is 0 Å². The van der Waals surface area contributed by atoms with E-state index in [1.165, 1.54) is 0 Å². The number of piperazine rings is 1. The van der Waals surface area contributed by atoms with E-state index in [1.807, 2.05) is 20.8 Å². The molecule has 0 saturated carbocycles. The number of nitrogens with zero attached hydrogens (tertiary/aromatic N) is 1. The Morgan fingerprint density at radius 3 is 2.14 bits per heavy atom. The molecule has 14 heavy (non-hydrogen) atoms. The van der Waals surface area contributed by atoms with Crippen LogP contribution >= 0.6 is 0 Å². The first-order valence-corrected chi connectivity index (χ1v) is 4.91. The molecule has 0 aromatic heterocycles. The lowest BCUT2D eigenvalue weighted by Gasteiger charge is -2.36. The van der Waals surface area contributed by atoms with Crippen molar-refractivity contribution in [3.05, 3.63) is 0 Å². The van der Waals surface area contributed by atoms with Gasteiger partial charge in [-0.25, -0.2) is 0 Å². The summed E-state index contributed by atoms with van der Waals surface area (Å²) in [4.78, 5) is 1.72. The lowest BCUT2D eigenvalue weighted by atomic mass is 10.1. The van der Waals surface area contributed by atoms with Crippen molar-refractivity contribution in [1.82, 2.24) is 10.2 Å². The highest BCUT2D eigenvalue weighted by atomic mass is 19.4. The Kier molecular flexibility index (Phi) is 5.44. The number of hydrogen-bond donors (Lipinski definition) is 1. The highest BCUT2D eigenvalue weighted by molar-refractivity contribution is 4.86. The van der Waals surface area contributed by atoms with E-state index in [-0.39, 0.29) is 12.6 Å². The fourth-order valence-electron chi connectivity index (χ4n) is 1.22. The van der Waals surface area contributed by atoms with E-state index in [0.717, 1.165) is 0 Å². The fourth-order valence-corrected chi connectivity index (χ4v) is 1.22. The lowest BCUT2D eigenvalue weighted by molar-refractivity contribution is -0.166. The monoisotopic (exact) mass is 212 g/mol. The standard InChI is InChI=1S/C7H13F3N2.C2H6/c1-5-3-11-6(4-12(5)2)7(8,9)10;1-2/h5-6,11H,3-4H2,1-2H3;1-2H3. The van der Waals surface area contributed by atoms with E-state index < -0.39 is 12.2 Å². The third-order valence-corrected chi connectivity index (χ3v) is 2.28. The molecule has 1 heterocycles. The summed E-state index contributed by atoms with van der Waals surface area (Å²) in [6.45, 7) is 6.35. The summed E-state index contributed by atoms with van der Waals surface area (Å²) < 4.78 is 36.5. The Hall–Kier alpha value is -0.290. The van der Waals surface area contributed by atoms with Crippen LogP contribution in [-0.4, -0.2) is 43.3 Å². The van der Waals surface area contributed by atoms with Crippen LogP contribution in [0.5, 0.6) is 0 Å². The van der Waals surface area contributed by atoms with Gasteiger partial charge in [-0.05, 0) is 14.0 Å². The molecule has 0 radical (unpaired) electrons. The summed E-state index contributed by atoms with van der Waals surface area (Å²) in [5.41, 5.74) is 0. The highest BCUT2D eigenvalue weighted by Gasteiger charge is 2.42. The molecular weight excluding hydrogens is 193 g/mol. The Balaban J connectivity index is 0.000000791. The van der Waals surface area contributed by atoms with Crippen LogP contribution in [0.2, 0.25) is 0 Å². The van der Waals surface area contributed by atoms with Gasteiger partial charge in [-0.1, -0.05) is 13.8 Å².